The van der Waals surface area contributed by atoms with Crippen LogP contribution in [0.3, 0.4) is 0 Å². The van der Waals surface area contributed by atoms with E-state index >= 15 is 0 Å². The molecule has 12 nitrogen and oxygen atoms in total. The molecule has 7 rings (SSSR count). The lowest BCUT2D eigenvalue weighted by Crippen LogP contribution is -2.52. The normalized spacial score (nSPS) is 15.1. The number of nitro groups is 1. The van der Waals surface area contributed by atoms with E-state index in [2.05, 4.69) is 22.5 Å². The van der Waals surface area contributed by atoms with Crippen LogP contribution in [0.1, 0.15) is 51.1 Å². The molecule has 12 heteroatoms. The summed E-state index contributed by atoms with van der Waals surface area (Å²) in [4.78, 5) is 66.9. The van der Waals surface area contributed by atoms with Crippen molar-refractivity contribution in [3.63, 3.8) is 0 Å². The first-order valence-electron chi connectivity index (χ1n) is 16.2. The van der Waals surface area contributed by atoms with Crippen molar-refractivity contribution in [1.29, 1.82) is 0 Å². The largest absolute Gasteiger partial charge is 0.463 e. The van der Waals surface area contributed by atoms with Crippen LogP contribution >= 0.6 is 0 Å². The first-order chi connectivity index (χ1) is 24.7. The predicted octanol–water partition coefficient (Wildman–Crippen LogP) is 5.52. The van der Waals surface area contributed by atoms with Crippen LogP contribution in [-0.4, -0.2) is 51.0 Å². The van der Waals surface area contributed by atoms with Crippen molar-refractivity contribution in [3.05, 3.63) is 130 Å². The molecular weight excluding hydrogens is 650 g/mol. The molecule has 0 saturated carbocycles. The lowest BCUT2D eigenvalue weighted by atomic mass is 10.00. The van der Waals surface area contributed by atoms with Gasteiger partial charge in [-0.15, -0.1) is 0 Å². The Hall–Kier alpha value is -6.87. The number of amides is 4. The number of fused-ring (bicyclic) bond motifs is 1. The number of non-ortho nitro benzene ring substituents is 1. The summed E-state index contributed by atoms with van der Waals surface area (Å²) in [5.74, 6) is 5.44. The molecule has 1 unspecified atom stereocenters. The van der Waals surface area contributed by atoms with Gasteiger partial charge in [0.05, 0.1) is 16.9 Å². The first kappa shape index (κ1) is 32.7. The molecule has 3 aromatic carbocycles. The van der Waals surface area contributed by atoms with Gasteiger partial charge in [-0.25, -0.2) is 4.98 Å². The van der Waals surface area contributed by atoms with Crippen LogP contribution in [-0.2, 0) is 16.1 Å². The van der Waals surface area contributed by atoms with Crippen molar-refractivity contribution in [3.8, 4) is 45.7 Å². The average Bonchev–Trinajstić information content (AvgIpc) is 3.80. The summed E-state index contributed by atoms with van der Waals surface area (Å²) >= 11 is 0. The third-order valence-corrected chi connectivity index (χ3v) is 8.79. The van der Waals surface area contributed by atoms with Crippen LogP contribution in [0.25, 0.3) is 33.8 Å². The SMILES string of the molecule is O=C1CCC(N2Cc3c(C#CCCNC(=O)c4ccc(-c5cc(-c6ccc([N+](=O)[O-])cc6)nc(-c6ccco6)c5)cc4)cccc3C2=O)C(=O)N1. The molecule has 2 aliphatic rings. The molecule has 2 aliphatic heterocycles. The maximum atomic E-state index is 13.1. The molecule has 1 saturated heterocycles. The van der Waals surface area contributed by atoms with Crippen molar-refractivity contribution in [2.75, 3.05) is 6.54 Å². The second-order valence-corrected chi connectivity index (χ2v) is 12.0. The van der Waals surface area contributed by atoms with Crippen LogP contribution in [0.4, 0.5) is 5.69 Å². The number of carbonyl (C=O) groups excluding carboxylic acids is 4. The third kappa shape index (κ3) is 6.86. The number of nitrogens with zero attached hydrogens (tertiary/aromatic N) is 3. The molecule has 2 aromatic heterocycles. The van der Waals surface area contributed by atoms with E-state index in [1.165, 1.54) is 17.0 Å². The van der Waals surface area contributed by atoms with E-state index in [1.54, 1.807) is 54.8 Å². The number of piperidine rings is 1. The van der Waals surface area contributed by atoms with Gasteiger partial charge in [0.15, 0.2) is 5.76 Å². The Labute approximate surface area is 291 Å². The van der Waals surface area contributed by atoms with E-state index in [4.69, 9.17) is 9.40 Å². The zero-order valence-electron chi connectivity index (χ0n) is 27.0. The molecular formula is C39H29N5O7. The molecule has 5 aromatic rings. The fraction of sp³-hybridized carbons (Fsp3) is 0.154. The van der Waals surface area contributed by atoms with Gasteiger partial charge in [-0.3, -0.25) is 34.6 Å². The minimum absolute atomic E-state index is 0.0146. The average molecular weight is 680 g/mol. The van der Waals surface area contributed by atoms with E-state index in [9.17, 15) is 29.3 Å². The van der Waals surface area contributed by atoms with Crippen molar-refractivity contribution < 1.29 is 28.5 Å². The number of hydrogen-bond donors (Lipinski definition) is 2. The molecule has 252 valence electrons. The van der Waals surface area contributed by atoms with Gasteiger partial charge < -0.3 is 14.6 Å². The topological polar surface area (TPSA) is 165 Å². The van der Waals surface area contributed by atoms with Crippen LogP contribution in [0.2, 0.25) is 0 Å². The smallest absolute Gasteiger partial charge is 0.269 e. The summed E-state index contributed by atoms with van der Waals surface area (Å²) in [6, 6.07) is 25.2. The summed E-state index contributed by atoms with van der Waals surface area (Å²) in [7, 11) is 0. The quantitative estimate of drug-likeness (QED) is 0.0712. The van der Waals surface area contributed by atoms with Crippen LogP contribution in [0.15, 0.2) is 102 Å². The number of carbonyl (C=O) groups is 4. The number of aromatic nitrogens is 1. The Morgan fingerprint density at radius 2 is 1.73 bits per heavy atom. The Kier molecular flexibility index (Phi) is 8.92. The molecule has 0 aliphatic carbocycles. The van der Waals surface area contributed by atoms with Gasteiger partial charge in [-0.2, -0.15) is 0 Å². The van der Waals surface area contributed by atoms with E-state index in [1.807, 2.05) is 30.3 Å². The predicted molar refractivity (Wildman–Crippen MR) is 186 cm³/mol. The van der Waals surface area contributed by atoms with Crippen molar-refractivity contribution in [2.45, 2.75) is 31.8 Å². The van der Waals surface area contributed by atoms with Gasteiger partial charge in [0.1, 0.15) is 11.7 Å². The van der Waals surface area contributed by atoms with Crippen molar-refractivity contribution in [2.24, 2.45) is 0 Å². The fourth-order valence-electron chi connectivity index (χ4n) is 6.16. The number of benzene rings is 3. The first-order valence-corrected chi connectivity index (χ1v) is 16.2. The highest BCUT2D eigenvalue weighted by atomic mass is 16.6. The van der Waals surface area contributed by atoms with Crippen molar-refractivity contribution in [1.82, 2.24) is 20.5 Å². The number of nitrogens with one attached hydrogen (secondary N) is 2. The second kappa shape index (κ2) is 13.9. The summed E-state index contributed by atoms with van der Waals surface area (Å²) in [5.41, 5.74) is 5.93. The maximum Gasteiger partial charge on any atom is 0.269 e. The zero-order valence-corrected chi connectivity index (χ0v) is 27.0. The summed E-state index contributed by atoms with van der Waals surface area (Å²) in [6.07, 6.45) is 2.40. The molecule has 4 heterocycles. The monoisotopic (exact) mass is 679 g/mol. The number of nitro benzene ring substituents is 1. The van der Waals surface area contributed by atoms with E-state index in [0.29, 0.717) is 52.4 Å². The molecule has 0 spiro atoms. The molecule has 0 bridgehead atoms. The minimum Gasteiger partial charge on any atom is -0.463 e. The van der Waals surface area contributed by atoms with Gasteiger partial charge in [-0.1, -0.05) is 30.0 Å². The van der Waals surface area contributed by atoms with E-state index in [-0.39, 0.29) is 42.8 Å². The summed E-state index contributed by atoms with van der Waals surface area (Å²) in [6.45, 7) is 0.541. The number of rotatable bonds is 8. The second-order valence-electron chi connectivity index (χ2n) is 12.0. The molecule has 51 heavy (non-hydrogen) atoms. The summed E-state index contributed by atoms with van der Waals surface area (Å²) < 4.78 is 5.59. The Morgan fingerprint density at radius 1 is 0.961 bits per heavy atom. The highest BCUT2D eigenvalue weighted by Crippen LogP contribution is 2.32. The van der Waals surface area contributed by atoms with Crippen LogP contribution in [0.5, 0.6) is 0 Å². The number of pyridine rings is 1. The summed E-state index contributed by atoms with van der Waals surface area (Å²) in [5, 5.41) is 16.3. The Bertz CT molecular complexity index is 2250. The van der Waals surface area contributed by atoms with Crippen LogP contribution < -0.4 is 10.6 Å². The standard InChI is InChI=1S/C39H29N5O7/c45-36-18-17-34(38(47)42-36)43-23-31-25(6-3-7-30(31)39(43)48)5-1-2-19-40-37(46)27-11-9-24(10-12-27)28-21-32(26-13-15-29(16-14-26)44(49)50)41-33(22-28)35-8-4-20-51-35/h3-4,6-16,20-22,34H,2,17-19,23H2,(H,40,46)(H,42,45,47). The Morgan fingerprint density at radius 3 is 2.45 bits per heavy atom. The number of hydrogen-bond acceptors (Lipinski definition) is 8. The minimum atomic E-state index is -0.698. The number of imide groups is 1. The van der Waals surface area contributed by atoms with Gasteiger partial charge in [0.2, 0.25) is 11.8 Å². The van der Waals surface area contributed by atoms with Crippen LogP contribution in [0, 0.1) is 22.0 Å². The number of furan rings is 1. The molecule has 0 radical (unpaired) electrons. The van der Waals surface area contributed by atoms with E-state index < -0.39 is 16.9 Å². The van der Waals surface area contributed by atoms with E-state index in [0.717, 1.165) is 16.7 Å². The third-order valence-electron chi connectivity index (χ3n) is 8.79. The molecule has 2 N–H and O–H groups in total. The van der Waals surface area contributed by atoms with Crippen molar-refractivity contribution >= 4 is 29.3 Å². The molecule has 1 atom stereocenters. The highest BCUT2D eigenvalue weighted by molar-refractivity contribution is 6.05. The van der Waals surface area contributed by atoms with Gasteiger partial charge >= 0.3 is 0 Å². The Balaban J connectivity index is 1.000. The van der Waals surface area contributed by atoms with Gasteiger partial charge in [0, 0.05) is 60.3 Å². The molecule has 1 fully saturated rings. The van der Waals surface area contributed by atoms with Gasteiger partial charge in [0.25, 0.3) is 17.5 Å². The highest BCUT2D eigenvalue weighted by Gasteiger charge is 2.39. The fourth-order valence-corrected chi connectivity index (χ4v) is 6.16. The zero-order chi connectivity index (χ0) is 35.5. The maximum absolute atomic E-state index is 13.1. The molecule has 4 amide bonds. The van der Waals surface area contributed by atoms with Gasteiger partial charge in [-0.05, 0) is 83.8 Å². The lowest BCUT2D eigenvalue weighted by Gasteiger charge is -2.29. The lowest BCUT2D eigenvalue weighted by molar-refractivity contribution is -0.384.